The zero-order valence-electron chi connectivity index (χ0n) is 8.12. The third kappa shape index (κ3) is 1.73. The van der Waals surface area contributed by atoms with Crippen molar-refractivity contribution in [3.8, 4) is 6.07 Å². The van der Waals surface area contributed by atoms with E-state index in [1.165, 1.54) is 18.2 Å². The summed E-state index contributed by atoms with van der Waals surface area (Å²) in [7, 11) is 0. The summed E-state index contributed by atoms with van der Waals surface area (Å²) >= 11 is 0. The van der Waals surface area contributed by atoms with Crippen molar-refractivity contribution in [1.29, 1.82) is 5.26 Å². The zero-order valence-corrected chi connectivity index (χ0v) is 10.3. The van der Waals surface area contributed by atoms with Gasteiger partial charge in [-0.1, -0.05) is 12.1 Å². The van der Waals surface area contributed by atoms with Gasteiger partial charge in [0.25, 0.3) is 0 Å². The van der Waals surface area contributed by atoms with Gasteiger partial charge >= 0.3 is 49.0 Å². The predicted molar refractivity (Wildman–Crippen MR) is 54.8 cm³/mol. The van der Waals surface area contributed by atoms with Crippen LogP contribution in [-0.2, 0) is 0 Å². The Morgan fingerprint density at radius 3 is 2.69 bits per heavy atom. The summed E-state index contributed by atoms with van der Waals surface area (Å²) < 4.78 is 0.507. The van der Waals surface area contributed by atoms with E-state index in [9.17, 15) is 15.2 Å². The van der Waals surface area contributed by atoms with E-state index in [0.29, 0.717) is 4.73 Å². The molecule has 0 spiro atoms. The van der Waals surface area contributed by atoms with Crippen LogP contribution in [-0.4, -0.2) is 47.7 Å². The largest absolute Gasteiger partial charge is 2.00 e. The molecule has 0 bridgehead atoms. The third-order valence-corrected chi connectivity index (χ3v) is 2.03. The molecule has 1 heterocycles. The number of para-hydroxylation sites is 2. The first kappa shape index (κ1) is 12.8. The molecule has 1 N–H and O–H groups in total. The second kappa shape index (κ2) is 4.70. The van der Waals surface area contributed by atoms with Crippen molar-refractivity contribution in [3.05, 3.63) is 45.5 Å². The molecule has 0 saturated heterocycles. The van der Waals surface area contributed by atoms with E-state index in [2.05, 4.69) is 0 Å². The average Bonchev–Trinajstić information content (AvgIpc) is 2.27. The van der Waals surface area contributed by atoms with Crippen molar-refractivity contribution in [2.45, 2.75) is 0 Å². The summed E-state index contributed by atoms with van der Waals surface area (Å²) in [5, 5.41) is 29.5. The molecule has 1 aromatic carbocycles. The van der Waals surface area contributed by atoms with E-state index in [1.54, 1.807) is 12.1 Å². The van der Waals surface area contributed by atoms with Crippen LogP contribution in [0.3, 0.4) is 0 Å². The minimum Gasteiger partial charge on any atom is -0.617 e. The Labute approximate surface area is 120 Å². The van der Waals surface area contributed by atoms with Crippen LogP contribution < -0.4 is 10.3 Å². The second-order valence-corrected chi connectivity index (χ2v) is 2.86. The molecule has 6 nitrogen and oxygen atoms in total. The number of nitriles is 1. The quantitative estimate of drug-likeness (QED) is 0.288. The Morgan fingerprint density at radius 2 is 2.06 bits per heavy atom. The van der Waals surface area contributed by atoms with Crippen molar-refractivity contribution < 1.29 is 9.94 Å². The fraction of sp³-hybridized carbons (Fsp3) is 0. The first-order chi connectivity index (χ1) is 7.16. The number of benzene rings is 1. The first-order valence-electron chi connectivity index (χ1n) is 4.03. The van der Waals surface area contributed by atoms with Crippen LogP contribution in [0.1, 0.15) is 5.69 Å². The zero-order chi connectivity index (χ0) is 11.0. The monoisotopic (exact) mass is 243 g/mol. The Hall–Kier alpha value is -1.29. The molecule has 1 aromatic heterocycles. The van der Waals surface area contributed by atoms with Gasteiger partial charge in [0.05, 0.1) is 0 Å². The van der Waals surface area contributed by atoms with Crippen LogP contribution >= 0.6 is 0 Å². The second-order valence-electron chi connectivity index (χ2n) is 2.86. The van der Waals surface area contributed by atoms with Crippen LogP contribution in [0.2, 0.25) is 0 Å². The maximum absolute atomic E-state index is 11.5. The van der Waals surface area contributed by atoms with Gasteiger partial charge in [0, 0.05) is 6.07 Å². The van der Waals surface area contributed by atoms with Crippen molar-refractivity contribution in [1.82, 2.24) is 4.73 Å². The van der Waals surface area contributed by atoms with E-state index < -0.39 is 11.3 Å². The normalized spacial score (nSPS) is 9.44. The van der Waals surface area contributed by atoms with E-state index in [0.717, 1.165) is 0 Å². The number of hydrogen-bond donors (Lipinski definition) is 1. The van der Waals surface area contributed by atoms with Gasteiger partial charge in [0.15, 0.2) is 11.6 Å². The summed E-state index contributed by atoms with van der Waals surface area (Å²) in [6.07, 6.45) is 0. The molecule has 0 aliphatic carbocycles. The summed E-state index contributed by atoms with van der Waals surface area (Å²) in [5.41, 5.74) is -1.55. The van der Waals surface area contributed by atoms with E-state index in [4.69, 9.17) is 5.26 Å². The van der Waals surface area contributed by atoms with E-state index in [1.807, 2.05) is 0 Å². The molecule has 2 aromatic rings. The summed E-state index contributed by atoms with van der Waals surface area (Å²) in [4.78, 5) is 11.3. The van der Waals surface area contributed by atoms with Gasteiger partial charge in [-0.15, -0.1) is 9.46 Å². The fourth-order valence-corrected chi connectivity index (χ4v) is 1.33. The minimum absolute atomic E-state index is 0. The summed E-state index contributed by atoms with van der Waals surface area (Å²) in [6.45, 7) is 0. The summed E-state index contributed by atoms with van der Waals surface area (Å²) in [6, 6.07) is 7.42. The van der Waals surface area contributed by atoms with Crippen LogP contribution in [0, 0.1) is 16.5 Å². The van der Waals surface area contributed by atoms with Gasteiger partial charge in [0.2, 0.25) is 5.52 Å². The van der Waals surface area contributed by atoms with E-state index >= 15 is 0 Å². The average molecular weight is 243 g/mol. The Balaban J connectivity index is 0.00000128. The number of hydrogen-bond acceptors (Lipinski definition) is 4. The Kier molecular flexibility index (Phi) is 3.75. The number of rotatable bonds is 0. The van der Waals surface area contributed by atoms with Gasteiger partial charge in [-0.05, 0) is 6.07 Å². The standard InChI is InChI=1S/C9H5N3O3.Ca/c10-5-8-9(13)12(15)7-4-2-1-3-6(7)11(8)14;/h1-4,15H;/q;+2. The smallest absolute Gasteiger partial charge is 0.617 e. The molecule has 7 heteroatoms. The summed E-state index contributed by atoms with van der Waals surface area (Å²) in [5.74, 6) is 0. The third-order valence-electron chi connectivity index (χ3n) is 2.03. The Morgan fingerprint density at radius 1 is 1.44 bits per heavy atom. The van der Waals surface area contributed by atoms with Crippen molar-refractivity contribution in [2.24, 2.45) is 0 Å². The first-order valence-corrected chi connectivity index (χ1v) is 4.03. The molecule has 0 saturated carbocycles. The molecule has 74 valence electrons. The van der Waals surface area contributed by atoms with Crippen LogP contribution in [0.25, 0.3) is 11.0 Å². The molecule has 16 heavy (non-hydrogen) atoms. The molecule has 0 aliphatic rings. The molecule has 0 fully saturated rings. The maximum atomic E-state index is 11.5. The Bertz CT molecular complexity index is 645. The van der Waals surface area contributed by atoms with Crippen molar-refractivity contribution >= 4 is 48.8 Å². The number of aromatic nitrogens is 2. The van der Waals surface area contributed by atoms with Crippen molar-refractivity contribution in [3.63, 3.8) is 0 Å². The van der Waals surface area contributed by atoms with E-state index in [-0.39, 0.29) is 53.5 Å². The van der Waals surface area contributed by atoms with Crippen molar-refractivity contribution in [2.75, 3.05) is 0 Å². The molecular weight excluding hydrogens is 238 g/mol. The molecular formula is C9H5CaN3O3+2. The number of nitrogens with zero attached hydrogens (tertiary/aromatic N) is 3. The van der Waals surface area contributed by atoms with Gasteiger partial charge < -0.3 is 10.4 Å². The topological polar surface area (TPSA) is 93.0 Å². The molecule has 2 rings (SSSR count). The molecule has 0 radical (unpaired) electrons. The predicted octanol–water partition coefficient (Wildman–Crippen LogP) is -0.637. The van der Waals surface area contributed by atoms with Crippen LogP contribution in [0.5, 0.6) is 0 Å². The minimum atomic E-state index is -1.02. The van der Waals surface area contributed by atoms with Crippen LogP contribution in [0.15, 0.2) is 29.1 Å². The molecule has 0 amide bonds. The van der Waals surface area contributed by atoms with Gasteiger partial charge in [-0.2, -0.15) is 5.26 Å². The van der Waals surface area contributed by atoms with Crippen LogP contribution in [0.4, 0.5) is 0 Å². The van der Waals surface area contributed by atoms with Gasteiger partial charge in [0.1, 0.15) is 0 Å². The molecule has 0 unspecified atom stereocenters. The SMILES string of the molecule is N#Cc1c(=O)n(O)c2ccccc2[n+]1[O-].[Ca+2]. The maximum Gasteiger partial charge on any atom is 2.00 e. The molecule has 0 aliphatic heterocycles. The van der Waals surface area contributed by atoms with Gasteiger partial charge in [-0.25, -0.2) is 0 Å². The molecule has 0 atom stereocenters. The fourth-order valence-electron chi connectivity index (χ4n) is 1.33. The van der Waals surface area contributed by atoms with Gasteiger partial charge in [-0.3, -0.25) is 4.79 Å². The number of fused-ring (bicyclic) bond motifs is 1.